The largest absolute Gasteiger partial charge is 0.508 e. The van der Waals surface area contributed by atoms with Crippen molar-refractivity contribution >= 4 is 5.97 Å². The number of nitrogens with zero attached hydrogens (tertiary/aromatic N) is 3. The van der Waals surface area contributed by atoms with Crippen LogP contribution in [-0.4, -0.2) is 114 Å². The van der Waals surface area contributed by atoms with E-state index in [-0.39, 0.29) is 52.7 Å². The van der Waals surface area contributed by atoms with Gasteiger partial charge in [-0.15, -0.1) is 5.10 Å². The minimum absolute atomic E-state index is 0.00243. The second kappa shape index (κ2) is 13.3. The van der Waals surface area contributed by atoms with Gasteiger partial charge in [-0.05, 0) is 24.3 Å². The number of phenolic OH excluding ortho intramolecular Hbond substituents is 7. The monoisotopic (exact) mass is 701 g/mol. The maximum Gasteiger partial charge on any atom is 0.338 e. The van der Waals surface area contributed by atoms with Gasteiger partial charge < -0.3 is 75.1 Å². The summed E-state index contributed by atoms with van der Waals surface area (Å²) in [4.78, 5) is 13.2. The van der Waals surface area contributed by atoms with E-state index in [1.807, 2.05) is 0 Å². The molecule has 1 fully saturated rings. The summed E-state index contributed by atoms with van der Waals surface area (Å²) in [6, 6.07) is 6.25. The molecule has 0 amide bonds. The van der Waals surface area contributed by atoms with Gasteiger partial charge in [-0.3, -0.25) is 0 Å². The third kappa shape index (κ3) is 6.26. The first-order valence-electron chi connectivity index (χ1n) is 14.8. The zero-order valence-electron chi connectivity index (χ0n) is 25.5. The van der Waals surface area contributed by atoms with Crippen LogP contribution in [0, 0.1) is 0 Å². The van der Waals surface area contributed by atoms with Gasteiger partial charge in [0, 0.05) is 29.7 Å². The molecule has 1 saturated heterocycles. The number of carbonyl (C=O) groups excluding carboxylic acids is 1. The van der Waals surface area contributed by atoms with Gasteiger partial charge in [-0.1, -0.05) is 5.21 Å². The number of carbonyl (C=O) groups is 1. The maximum absolute atomic E-state index is 13.2. The van der Waals surface area contributed by atoms with E-state index in [4.69, 9.17) is 18.9 Å². The molecule has 2 aliphatic rings. The summed E-state index contributed by atoms with van der Waals surface area (Å²) < 4.78 is 24.4. The van der Waals surface area contributed by atoms with Gasteiger partial charge >= 0.3 is 5.97 Å². The minimum Gasteiger partial charge on any atom is -0.508 e. The summed E-state index contributed by atoms with van der Waals surface area (Å²) in [5, 5.41) is 119. The van der Waals surface area contributed by atoms with Crippen molar-refractivity contribution in [3.05, 3.63) is 65.0 Å². The van der Waals surface area contributed by atoms with Gasteiger partial charge in [0.2, 0.25) is 0 Å². The van der Waals surface area contributed by atoms with E-state index in [2.05, 4.69) is 10.3 Å². The van der Waals surface area contributed by atoms with E-state index in [1.165, 1.54) is 18.3 Å². The highest BCUT2D eigenvalue weighted by molar-refractivity contribution is 5.91. The lowest BCUT2D eigenvalue weighted by atomic mass is 9.93. The number of phenols is 7. The minimum atomic E-state index is -1.70. The molecule has 19 nitrogen and oxygen atoms in total. The number of benzene rings is 3. The number of aliphatic hydroxyl groups is 4. The molecule has 2 aliphatic heterocycles. The van der Waals surface area contributed by atoms with Crippen molar-refractivity contribution in [3.63, 3.8) is 0 Å². The molecule has 3 heterocycles. The average molecular weight is 702 g/mol. The summed E-state index contributed by atoms with van der Waals surface area (Å²) in [6.07, 6.45) is -9.17. The second-order valence-corrected chi connectivity index (χ2v) is 11.6. The van der Waals surface area contributed by atoms with Crippen LogP contribution < -0.4 is 9.47 Å². The van der Waals surface area contributed by atoms with Crippen molar-refractivity contribution in [1.82, 2.24) is 15.0 Å². The molecule has 1 aromatic heterocycles. The zero-order chi connectivity index (χ0) is 36.0. The number of rotatable bonds is 8. The molecule has 0 spiro atoms. The summed E-state index contributed by atoms with van der Waals surface area (Å²) in [5.74, 6) is -6.17. The van der Waals surface area contributed by atoms with Crippen LogP contribution >= 0.6 is 0 Å². The zero-order valence-corrected chi connectivity index (χ0v) is 25.5. The van der Waals surface area contributed by atoms with Crippen molar-refractivity contribution in [2.45, 2.75) is 55.9 Å². The predicted octanol–water partition coefficient (Wildman–Crippen LogP) is -0.330. The molecule has 266 valence electrons. The highest BCUT2D eigenvalue weighted by Gasteiger charge is 2.45. The van der Waals surface area contributed by atoms with E-state index in [1.54, 1.807) is 0 Å². The molecule has 7 atom stereocenters. The lowest BCUT2D eigenvalue weighted by Crippen LogP contribution is -2.56. The summed E-state index contributed by atoms with van der Waals surface area (Å²) >= 11 is 0. The standard InChI is InChI=1S/C31H31N3O16/c35-9-23-26(43)27(44)28(45)30(49-23)34-13(8-32-33-34)10-47-20-5-14(36)6-21-15(20)7-22(29(48-21)11-1-16(37)24(41)17(38)2-11)50-31(46)12-3-18(39)25(42)19(40)4-12/h1-6,8,22-23,26-30,35-45H,7,9-10H2/t22-,23-,26-,27+,28-,29-,30+/m1/s1. The Morgan fingerprint density at radius 2 is 1.50 bits per heavy atom. The van der Waals surface area contributed by atoms with Crippen molar-refractivity contribution < 1.29 is 79.9 Å². The van der Waals surface area contributed by atoms with Crippen molar-refractivity contribution in [3.8, 4) is 51.7 Å². The quantitative estimate of drug-likeness (QED) is 0.0827. The Morgan fingerprint density at radius 3 is 2.14 bits per heavy atom. The molecule has 3 aromatic carbocycles. The first-order chi connectivity index (χ1) is 23.8. The van der Waals surface area contributed by atoms with Gasteiger partial charge in [0.25, 0.3) is 0 Å². The van der Waals surface area contributed by atoms with Crippen LogP contribution in [0.3, 0.4) is 0 Å². The molecular weight excluding hydrogens is 670 g/mol. The highest BCUT2D eigenvalue weighted by atomic mass is 16.6. The Kier molecular flexibility index (Phi) is 9.08. The van der Waals surface area contributed by atoms with Crippen LogP contribution in [0.2, 0.25) is 0 Å². The molecule has 0 aliphatic carbocycles. The van der Waals surface area contributed by atoms with Gasteiger partial charge in [-0.25, -0.2) is 9.48 Å². The molecule has 0 radical (unpaired) electrons. The molecule has 0 unspecified atom stereocenters. The molecule has 0 saturated carbocycles. The Morgan fingerprint density at radius 1 is 0.860 bits per heavy atom. The first kappa shape index (κ1) is 34.1. The van der Waals surface area contributed by atoms with Crippen LogP contribution in [0.4, 0.5) is 0 Å². The number of hydrogen-bond acceptors (Lipinski definition) is 18. The number of aromatic hydroxyl groups is 7. The van der Waals surface area contributed by atoms with E-state index >= 15 is 0 Å². The summed E-state index contributed by atoms with van der Waals surface area (Å²) in [7, 11) is 0. The fraction of sp³-hybridized carbons (Fsp3) is 0.323. The molecule has 50 heavy (non-hydrogen) atoms. The van der Waals surface area contributed by atoms with Crippen molar-refractivity contribution in [1.29, 1.82) is 0 Å². The van der Waals surface area contributed by atoms with E-state index in [0.717, 1.165) is 28.9 Å². The molecule has 4 aromatic rings. The van der Waals surface area contributed by atoms with Crippen LogP contribution in [0.25, 0.3) is 0 Å². The van der Waals surface area contributed by atoms with Crippen LogP contribution in [0.15, 0.2) is 42.6 Å². The molecular formula is C31H31N3O16. The van der Waals surface area contributed by atoms with E-state index in [0.29, 0.717) is 0 Å². The smallest absolute Gasteiger partial charge is 0.338 e. The number of esters is 1. The Bertz CT molecular complexity index is 1870. The van der Waals surface area contributed by atoms with Crippen LogP contribution in [-0.2, 0) is 22.5 Å². The lowest BCUT2D eigenvalue weighted by molar-refractivity contribution is -0.254. The molecule has 19 heteroatoms. The fourth-order valence-electron chi connectivity index (χ4n) is 5.68. The van der Waals surface area contributed by atoms with Crippen molar-refractivity contribution in [2.75, 3.05) is 6.61 Å². The van der Waals surface area contributed by atoms with Gasteiger partial charge in [0.1, 0.15) is 54.4 Å². The molecule has 11 N–H and O–H groups in total. The molecule has 6 rings (SSSR count). The van der Waals surface area contributed by atoms with Gasteiger partial charge in [0.05, 0.1) is 24.1 Å². The summed E-state index contributed by atoms with van der Waals surface area (Å²) in [6.45, 7) is -1.03. The predicted molar refractivity (Wildman–Crippen MR) is 161 cm³/mol. The van der Waals surface area contributed by atoms with E-state index < -0.39 is 89.9 Å². The van der Waals surface area contributed by atoms with Crippen LogP contribution in [0.1, 0.15) is 39.5 Å². The van der Waals surface area contributed by atoms with Gasteiger partial charge in [-0.2, -0.15) is 0 Å². The third-order valence-electron chi connectivity index (χ3n) is 8.27. The normalized spacial score (nSPS) is 24.6. The number of aromatic nitrogens is 3. The Labute approximate surface area is 280 Å². The number of hydrogen-bond donors (Lipinski definition) is 11. The number of ether oxygens (including phenoxy) is 4. The average Bonchev–Trinajstić information content (AvgIpc) is 3.55. The molecule has 0 bridgehead atoms. The SMILES string of the molecule is O=C(O[C@@H]1Cc2c(OCc3cnnn3[C@H]3O[C@H](CO)[C@@H](O)[C@H](O)[C@H]3O)cc(O)cc2O[C@@H]1c1cc(O)c(O)c(O)c1)c1cc(O)c(O)c(O)c1. The second-order valence-electron chi connectivity index (χ2n) is 11.6. The maximum atomic E-state index is 13.2. The third-order valence-corrected chi connectivity index (χ3v) is 8.27. The topological polar surface area (TPSA) is 307 Å². The van der Waals surface area contributed by atoms with Crippen LogP contribution in [0.5, 0.6) is 51.7 Å². The van der Waals surface area contributed by atoms with Gasteiger partial charge in [0.15, 0.2) is 46.8 Å². The highest BCUT2D eigenvalue weighted by Crippen LogP contribution is 2.46. The first-order valence-corrected chi connectivity index (χ1v) is 14.8. The lowest BCUT2D eigenvalue weighted by Gasteiger charge is -2.40. The Balaban J connectivity index is 1.32. The summed E-state index contributed by atoms with van der Waals surface area (Å²) in [5.41, 5.74) is 0.0752. The number of fused-ring (bicyclic) bond motifs is 1. The van der Waals surface area contributed by atoms with E-state index in [9.17, 15) is 61.0 Å². The van der Waals surface area contributed by atoms with Crippen molar-refractivity contribution in [2.24, 2.45) is 0 Å². The number of aliphatic hydroxyl groups excluding tert-OH is 4. The Hall–Kier alpha value is -5.73. The fourth-order valence-corrected chi connectivity index (χ4v) is 5.68.